The molecular formula is C14H21N3O4. The van der Waals surface area contributed by atoms with Crippen molar-refractivity contribution in [2.75, 3.05) is 24.6 Å². The van der Waals surface area contributed by atoms with Gasteiger partial charge >= 0.3 is 5.97 Å². The average Bonchev–Trinajstić information content (AvgIpc) is 2.45. The highest BCUT2D eigenvalue weighted by Crippen LogP contribution is 2.21. The fourth-order valence-corrected chi connectivity index (χ4v) is 2.23. The Morgan fingerprint density at radius 1 is 1.43 bits per heavy atom. The molecule has 21 heavy (non-hydrogen) atoms. The van der Waals surface area contributed by atoms with Gasteiger partial charge in [0, 0.05) is 13.1 Å². The van der Waals surface area contributed by atoms with Crippen molar-refractivity contribution in [3.05, 3.63) is 12.4 Å². The summed E-state index contributed by atoms with van der Waals surface area (Å²) in [7, 11) is 0. The van der Waals surface area contributed by atoms with E-state index in [2.05, 4.69) is 14.9 Å². The number of piperidine rings is 1. The minimum atomic E-state index is -0.929. The molecule has 1 fully saturated rings. The number of aliphatic carboxylic acids is 1. The van der Waals surface area contributed by atoms with Gasteiger partial charge in [-0.15, -0.1) is 0 Å². The van der Waals surface area contributed by atoms with Crippen molar-refractivity contribution < 1.29 is 19.4 Å². The lowest BCUT2D eigenvalue weighted by Gasteiger charge is -2.32. The molecule has 2 rings (SSSR count). The van der Waals surface area contributed by atoms with Gasteiger partial charge in [-0.1, -0.05) is 0 Å². The van der Waals surface area contributed by atoms with E-state index < -0.39 is 5.97 Å². The zero-order chi connectivity index (χ0) is 15.2. The van der Waals surface area contributed by atoms with Gasteiger partial charge in [0.05, 0.1) is 24.6 Å². The zero-order valence-corrected chi connectivity index (χ0v) is 12.4. The lowest BCUT2D eigenvalue weighted by atomic mass is 10.1. The van der Waals surface area contributed by atoms with E-state index >= 15 is 0 Å². The van der Waals surface area contributed by atoms with Crippen molar-refractivity contribution in [3.8, 4) is 5.88 Å². The van der Waals surface area contributed by atoms with Crippen molar-refractivity contribution >= 4 is 11.8 Å². The molecule has 116 valence electrons. The lowest BCUT2D eigenvalue weighted by molar-refractivity contribution is -0.144. The molecule has 0 spiro atoms. The molecule has 0 amide bonds. The Kier molecular flexibility index (Phi) is 5.32. The molecule has 0 bridgehead atoms. The Hall–Kier alpha value is -1.89. The van der Waals surface area contributed by atoms with Crippen molar-refractivity contribution in [1.82, 2.24) is 9.97 Å². The normalized spacial score (nSPS) is 16.2. The number of hydrogen-bond acceptors (Lipinski definition) is 6. The van der Waals surface area contributed by atoms with Gasteiger partial charge < -0.3 is 19.5 Å². The Morgan fingerprint density at radius 3 is 2.76 bits per heavy atom. The van der Waals surface area contributed by atoms with E-state index in [9.17, 15) is 4.79 Å². The minimum Gasteiger partial charge on any atom is -0.480 e. The van der Waals surface area contributed by atoms with E-state index in [0.717, 1.165) is 31.7 Å². The largest absolute Gasteiger partial charge is 0.480 e. The first-order chi connectivity index (χ1) is 10.0. The summed E-state index contributed by atoms with van der Waals surface area (Å²) in [6, 6.07) is 0. The molecule has 0 aromatic carbocycles. The highest BCUT2D eigenvalue weighted by atomic mass is 16.5. The second kappa shape index (κ2) is 7.21. The number of nitrogens with zero attached hydrogens (tertiary/aromatic N) is 3. The maximum atomic E-state index is 10.5. The van der Waals surface area contributed by atoms with E-state index in [0.29, 0.717) is 5.88 Å². The first-order valence-electron chi connectivity index (χ1n) is 7.11. The van der Waals surface area contributed by atoms with Crippen LogP contribution in [0.25, 0.3) is 0 Å². The molecule has 0 atom stereocenters. The van der Waals surface area contributed by atoms with E-state index in [1.165, 1.54) is 0 Å². The maximum Gasteiger partial charge on any atom is 0.329 e. The highest BCUT2D eigenvalue weighted by molar-refractivity contribution is 5.68. The number of carboxylic acids is 1. The summed E-state index contributed by atoms with van der Waals surface area (Å²) in [5.41, 5.74) is 0. The third-order valence-electron chi connectivity index (χ3n) is 3.16. The lowest BCUT2D eigenvalue weighted by Crippen LogP contribution is -2.38. The predicted octanol–water partition coefficient (Wildman–Crippen LogP) is 1.33. The van der Waals surface area contributed by atoms with E-state index in [4.69, 9.17) is 14.6 Å². The predicted molar refractivity (Wildman–Crippen MR) is 76.6 cm³/mol. The Labute approximate surface area is 123 Å². The van der Waals surface area contributed by atoms with Gasteiger partial charge in [-0.25, -0.2) is 4.79 Å². The van der Waals surface area contributed by atoms with Crippen LogP contribution in [0.4, 0.5) is 5.82 Å². The molecule has 1 aromatic rings. The molecular weight excluding hydrogens is 274 g/mol. The summed E-state index contributed by atoms with van der Waals surface area (Å²) in [4.78, 5) is 21.2. The molecule has 0 saturated carbocycles. The molecule has 1 aromatic heterocycles. The molecule has 1 N–H and O–H groups in total. The third-order valence-corrected chi connectivity index (χ3v) is 3.16. The van der Waals surface area contributed by atoms with Crippen molar-refractivity contribution in [2.45, 2.75) is 38.9 Å². The van der Waals surface area contributed by atoms with Gasteiger partial charge in [0.25, 0.3) is 0 Å². The van der Waals surface area contributed by atoms with Crippen LogP contribution < -0.4 is 9.64 Å². The topological polar surface area (TPSA) is 84.8 Å². The van der Waals surface area contributed by atoms with Crippen LogP contribution >= 0.6 is 0 Å². The summed E-state index contributed by atoms with van der Waals surface area (Å²) < 4.78 is 10.9. The Morgan fingerprint density at radius 2 is 2.14 bits per heavy atom. The third kappa shape index (κ3) is 4.86. The molecule has 7 heteroatoms. The van der Waals surface area contributed by atoms with Crippen LogP contribution in [0.2, 0.25) is 0 Å². The molecule has 7 nitrogen and oxygen atoms in total. The van der Waals surface area contributed by atoms with Crippen LogP contribution in [0.15, 0.2) is 12.4 Å². The maximum absolute atomic E-state index is 10.5. The fraction of sp³-hybridized carbons (Fsp3) is 0.643. The summed E-state index contributed by atoms with van der Waals surface area (Å²) in [5.74, 6) is 0.374. The number of carbonyl (C=O) groups is 1. The number of hydrogen-bond donors (Lipinski definition) is 1. The molecule has 2 heterocycles. The Bertz CT molecular complexity index is 473. The van der Waals surface area contributed by atoms with Crippen molar-refractivity contribution in [1.29, 1.82) is 0 Å². The van der Waals surface area contributed by atoms with Gasteiger partial charge in [-0.05, 0) is 26.7 Å². The molecule has 1 saturated heterocycles. The van der Waals surface area contributed by atoms with Crippen LogP contribution in [0.3, 0.4) is 0 Å². The van der Waals surface area contributed by atoms with Crippen LogP contribution in [-0.4, -0.2) is 52.9 Å². The number of carboxylic acid groups (broad SMARTS) is 1. The SMILES string of the molecule is CC(C)Oc1cncc(N2CCC(OCC(=O)O)CC2)n1. The molecule has 1 aliphatic rings. The molecule has 1 aliphatic heterocycles. The molecule has 0 aliphatic carbocycles. The number of aromatic nitrogens is 2. The second-order valence-electron chi connectivity index (χ2n) is 5.27. The second-order valence-corrected chi connectivity index (χ2v) is 5.27. The van der Waals surface area contributed by atoms with Crippen LogP contribution in [0.5, 0.6) is 5.88 Å². The summed E-state index contributed by atoms with van der Waals surface area (Å²) in [6.07, 6.45) is 4.94. The quantitative estimate of drug-likeness (QED) is 0.847. The molecule has 0 radical (unpaired) electrons. The van der Waals surface area contributed by atoms with Gasteiger partial charge in [0.2, 0.25) is 5.88 Å². The summed E-state index contributed by atoms with van der Waals surface area (Å²) in [6.45, 7) is 5.19. The average molecular weight is 295 g/mol. The minimum absolute atomic E-state index is 0.000376. The van der Waals surface area contributed by atoms with Crippen molar-refractivity contribution in [2.24, 2.45) is 0 Å². The Balaban J connectivity index is 1.88. The number of rotatable bonds is 6. The van der Waals surface area contributed by atoms with Crippen LogP contribution in [0, 0.1) is 0 Å². The highest BCUT2D eigenvalue weighted by Gasteiger charge is 2.21. The molecule has 0 unspecified atom stereocenters. The van der Waals surface area contributed by atoms with Gasteiger partial charge in [-0.2, -0.15) is 4.98 Å². The zero-order valence-electron chi connectivity index (χ0n) is 12.4. The standard InChI is InChI=1S/C14H21N3O4/c1-10(2)21-13-8-15-7-12(16-13)17-5-3-11(4-6-17)20-9-14(18)19/h7-8,10-11H,3-6,9H2,1-2H3,(H,18,19). The van der Waals surface area contributed by atoms with Crippen LogP contribution in [-0.2, 0) is 9.53 Å². The van der Waals surface area contributed by atoms with Gasteiger partial charge in [0.15, 0.2) is 5.82 Å². The van der Waals surface area contributed by atoms with Crippen molar-refractivity contribution in [3.63, 3.8) is 0 Å². The monoisotopic (exact) mass is 295 g/mol. The summed E-state index contributed by atoms with van der Waals surface area (Å²) >= 11 is 0. The fourth-order valence-electron chi connectivity index (χ4n) is 2.23. The number of anilines is 1. The van der Waals surface area contributed by atoms with E-state index in [1.807, 2.05) is 13.8 Å². The van der Waals surface area contributed by atoms with Crippen LogP contribution in [0.1, 0.15) is 26.7 Å². The summed E-state index contributed by atoms with van der Waals surface area (Å²) in [5, 5.41) is 8.61. The smallest absolute Gasteiger partial charge is 0.329 e. The van der Waals surface area contributed by atoms with Gasteiger partial charge in [-0.3, -0.25) is 4.98 Å². The van der Waals surface area contributed by atoms with E-state index in [1.54, 1.807) is 12.4 Å². The first kappa shape index (κ1) is 15.5. The number of ether oxygens (including phenoxy) is 2. The van der Waals surface area contributed by atoms with E-state index in [-0.39, 0.29) is 18.8 Å². The van der Waals surface area contributed by atoms with Gasteiger partial charge in [0.1, 0.15) is 6.61 Å². The first-order valence-corrected chi connectivity index (χ1v) is 7.11.